The van der Waals surface area contributed by atoms with Crippen LogP contribution < -0.4 is 4.74 Å². The van der Waals surface area contributed by atoms with Crippen LogP contribution in [0.15, 0.2) is 46.9 Å². The van der Waals surface area contributed by atoms with Crippen molar-refractivity contribution in [3.63, 3.8) is 0 Å². The molecule has 0 aliphatic heterocycles. The number of aliphatic hydroxyl groups excluding tert-OH is 1. The summed E-state index contributed by atoms with van der Waals surface area (Å²) in [6.07, 6.45) is -6.48. The molecule has 2 aromatic rings. The van der Waals surface area contributed by atoms with Crippen molar-refractivity contribution in [3.8, 4) is 5.75 Å². The Morgan fingerprint density at radius 2 is 1.62 bits per heavy atom. The molecule has 0 heterocycles. The van der Waals surface area contributed by atoms with Gasteiger partial charge in [-0.25, -0.2) is 4.39 Å². The van der Waals surface area contributed by atoms with Gasteiger partial charge in [-0.2, -0.15) is 0 Å². The van der Waals surface area contributed by atoms with Gasteiger partial charge in [0.25, 0.3) is 0 Å². The van der Waals surface area contributed by atoms with Gasteiger partial charge in [0.1, 0.15) is 17.7 Å². The van der Waals surface area contributed by atoms with Gasteiger partial charge in [-0.05, 0) is 28.1 Å². The lowest BCUT2D eigenvalue weighted by Crippen LogP contribution is -2.19. The van der Waals surface area contributed by atoms with Crippen LogP contribution in [0.1, 0.15) is 17.2 Å². The van der Waals surface area contributed by atoms with Crippen LogP contribution in [0.3, 0.4) is 0 Å². The maximum absolute atomic E-state index is 13.9. The number of benzene rings is 2. The van der Waals surface area contributed by atoms with Crippen LogP contribution >= 0.6 is 15.9 Å². The first-order chi connectivity index (χ1) is 9.79. The minimum atomic E-state index is -4.90. The van der Waals surface area contributed by atoms with E-state index in [-0.39, 0.29) is 15.6 Å². The maximum atomic E-state index is 13.9. The zero-order valence-corrected chi connectivity index (χ0v) is 12.0. The number of halogens is 5. The van der Waals surface area contributed by atoms with Gasteiger partial charge in [-0.15, -0.1) is 13.2 Å². The molecule has 21 heavy (non-hydrogen) atoms. The van der Waals surface area contributed by atoms with E-state index in [0.29, 0.717) is 0 Å². The first kappa shape index (κ1) is 15.8. The third-order valence-corrected chi connectivity index (χ3v) is 3.33. The first-order valence-corrected chi connectivity index (χ1v) is 6.55. The summed E-state index contributed by atoms with van der Waals surface area (Å²) >= 11 is 2.96. The summed E-state index contributed by atoms with van der Waals surface area (Å²) in [4.78, 5) is 0. The lowest BCUT2D eigenvalue weighted by atomic mass is 10.0. The summed E-state index contributed by atoms with van der Waals surface area (Å²) in [6.45, 7) is 0. The van der Waals surface area contributed by atoms with Crippen molar-refractivity contribution in [1.82, 2.24) is 0 Å². The summed E-state index contributed by atoms with van der Waals surface area (Å²) in [7, 11) is 0. The van der Waals surface area contributed by atoms with Crippen LogP contribution in [0.5, 0.6) is 5.75 Å². The Labute approximate surface area is 126 Å². The number of para-hydroxylation sites is 1. The summed E-state index contributed by atoms with van der Waals surface area (Å²) in [6, 6.07) is 9.23. The van der Waals surface area contributed by atoms with Crippen LogP contribution in [-0.4, -0.2) is 11.5 Å². The van der Waals surface area contributed by atoms with Gasteiger partial charge in [0.2, 0.25) is 0 Å². The van der Waals surface area contributed by atoms with E-state index in [2.05, 4.69) is 20.7 Å². The Balaban J connectivity index is 2.44. The molecular formula is C14H9BrF4O2. The van der Waals surface area contributed by atoms with Crippen LogP contribution in [-0.2, 0) is 0 Å². The molecule has 0 spiro atoms. The second-order valence-electron chi connectivity index (χ2n) is 4.13. The van der Waals surface area contributed by atoms with Crippen molar-refractivity contribution in [2.24, 2.45) is 0 Å². The molecule has 0 radical (unpaired) electrons. The van der Waals surface area contributed by atoms with Crippen molar-refractivity contribution < 1.29 is 27.4 Å². The Morgan fingerprint density at radius 3 is 2.29 bits per heavy atom. The lowest BCUT2D eigenvalue weighted by molar-refractivity contribution is -0.275. The van der Waals surface area contributed by atoms with Crippen LogP contribution in [0.25, 0.3) is 0 Å². The van der Waals surface area contributed by atoms with Crippen molar-refractivity contribution in [2.45, 2.75) is 12.5 Å². The average molecular weight is 365 g/mol. The Morgan fingerprint density at radius 1 is 1.00 bits per heavy atom. The summed E-state index contributed by atoms with van der Waals surface area (Å²) in [5, 5.41) is 10.2. The quantitative estimate of drug-likeness (QED) is 0.808. The molecule has 0 aromatic heterocycles. The second-order valence-corrected chi connectivity index (χ2v) is 4.99. The fraction of sp³-hybridized carbons (Fsp3) is 0.143. The van der Waals surface area contributed by atoms with E-state index in [4.69, 9.17) is 0 Å². The highest BCUT2D eigenvalue weighted by Crippen LogP contribution is 2.35. The molecule has 0 amide bonds. The molecule has 0 fully saturated rings. The van der Waals surface area contributed by atoms with E-state index >= 15 is 0 Å². The normalized spacial score (nSPS) is 13.0. The molecule has 0 saturated carbocycles. The van der Waals surface area contributed by atoms with E-state index in [1.165, 1.54) is 36.4 Å². The second kappa shape index (κ2) is 6.03. The fourth-order valence-corrected chi connectivity index (χ4v) is 2.20. The molecule has 1 N–H and O–H groups in total. The molecule has 0 aliphatic rings. The Hall–Kier alpha value is -1.60. The van der Waals surface area contributed by atoms with Crippen molar-refractivity contribution >= 4 is 15.9 Å². The predicted molar refractivity (Wildman–Crippen MR) is 71.3 cm³/mol. The third kappa shape index (κ3) is 3.74. The number of hydrogen-bond donors (Lipinski definition) is 1. The number of alkyl halides is 3. The molecule has 7 heteroatoms. The molecule has 1 unspecified atom stereocenters. The van der Waals surface area contributed by atoms with E-state index in [1.807, 2.05) is 0 Å². The smallest absolute Gasteiger partial charge is 0.405 e. The molecule has 112 valence electrons. The monoisotopic (exact) mass is 364 g/mol. The zero-order chi connectivity index (χ0) is 15.6. The molecule has 0 aliphatic carbocycles. The van der Waals surface area contributed by atoms with E-state index in [9.17, 15) is 22.7 Å². The van der Waals surface area contributed by atoms with Gasteiger partial charge in [0.05, 0.1) is 4.47 Å². The van der Waals surface area contributed by atoms with Gasteiger partial charge < -0.3 is 9.84 Å². The van der Waals surface area contributed by atoms with Gasteiger partial charge in [0.15, 0.2) is 0 Å². The minimum absolute atomic E-state index is 0.105. The standard InChI is InChI=1S/C14H9BrF4O2/c15-10-6-3-5-9(12(10)16)13(20)8-4-1-2-7-11(8)21-14(17,18)19/h1-7,13,20H. The number of aliphatic hydroxyl groups is 1. The number of hydrogen-bond acceptors (Lipinski definition) is 2. The first-order valence-electron chi connectivity index (χ1n) is 5.76. The maximum Gasteiger partial charge on any atom is 0.573 e. The highest BCUT2D eigenvalue weighted by molar-refractivity contribution is 9.10. The van der Waals surface area contributed by atoms with Gasteiger partial charge in [-0.1, -0.05) is 30.3 Å². The highest BCUT2D eigenvalue weighted by atomic mass is 79.9. The van der Waals surface area contributed by atoms with Gasteiger partial charge >= 0.3 is 6.36 Å². The summed E-state index contributed by atoms with van der Waals surface area (Å²) < 4.78 is 54.9. The van der Waals surface area contributed by atoms with E-state index < -0.39 is 24.0 Å². The van der Waals surface area contributed by atoms with Crippen molar-refractivity contribution in [1.29, 1.82) is 0 Å². The summed E-state index contributed by atoms with van der Waals surface area (Å²) in [5.41, 5.74) is -0.325. The molecule has 1 atom stereocenters. The summed E-state index contributed by atoms with van der Waals surface area (Å²) in [5.74, 6) is -1.32. The van der Waals surface area contributed by atoms with Gasteiger partial charge in [0, 0.05) is 11.1 Å². The highest BCUT2D eigenvalue weighted by Gasteiger charge is 2.33. The van der Waals surface area contributed by atoms with Gasteiger partial charge in [-0.3, -0.25) is 0 Å². The molecule has 2 nitrogen and oxygen atoms in total. The fourth-order valence-electron chi connectivity index (χ4n) is 1.82. The molecule has 2 rings (SSSR count). The van der Waals surface area contributed by atoms with E-state index in [0.717, 1.165) is 6.07 Å². The van der Waals surface area contributed by atoms with Crippen LogP contribution in [0.2, 0.25) is 0 Å². The Bertz CT molecular complexity index is 643. The number of ether oxygens (including phenoxy) is 1. The number of rotatable bonds is 3. The predicted octanol–water partition coefficient (Wildman–Crippen LogP) is 4.57. The van der Waals surface area contributed by atoms with E-state index in [1.54, 1.807) is 0 Å². The third-order valence-electron chi connectivity index (χ3n) is 2.72. The SMILES string of the molecule is OC(c1ccccc1OC(F)(F)F)c1cccc(Br)c1F. The van der Waals surface area contributed by atoms with Crippen molar-refractivity contribution in [3.05, 3.63) is 63.9 Å². The molecule has 2 aromatic carbocycles. The minimum Gasteiger partial charge on any atom is -0.405 e. The topological polar surface area (TPSA) is 29.5 Å². The van der Waals surface area contributed by atoms with Crippen molar-refractivity contribution in [2.75, 3.05) is 0 Å². The molecule has 0 bridgehead atoms. The zero-order valence-electron chi connectivity index (χ0n) is 10.4. The average Bonchev–Trinajstić information content (AvgIpc) is 2.40. The molecular weight excluding hydrogens is 356 g/mol. The lowest BCUT2D eigenvalue weighted by Gasteiger charge is -2.18. The van der Waals surface area contributed by atoms with Crippen LogP contribution in [0.4, 0.5) is 17.6 Å². The van der Waals surface area contributed by atoms with Crippen LogP contribution in [0, 0.1) is 5.82 Å². The molecule has 0 saturated heterocycles. The largest absolute Gasteiger partial charge is 0.573 e. The Kier molecular flexibility index (Phi) is 4.53.